The molecule has 0 bridgehead atoms. The fourth-order valence-electron chi connectivity index (χ4n) is 14.6. The Hall–Kier alpha value is -14.9. The van der Waals surface area contributed by atoms with Crippen molar-refractivity contribution in [1.82, 2.24) is 5.32 Å². The molecule has 0 aromatic heterocycles. The molecule has 13 nitrogen and oxygen atoms in total. The second-order valence-corrected chi connectivity index (χ2v) is 31.5. The highest BCUT2D eigenvalue weighted by molar-refractivity contribution is 5.47. The van der Waals surface area contributed by atoms with Crippen molar-refractivity contribution in [3.63, 3.8) is 0 Å². The smallest absolute Gasteiger partial charge is 0.123 e. The minimum atomic E-state index is 0.253. The Balaban J connectivity index is 0.578. The Morgan fingerprint density at radius 2 is 0.252 bits per heavy atom. The van der Waals surface area contributed by atoms with Crippen LogP contribution in [-0.2, 0) is 118 Å². The first-order valence-electron chi connectivity index (χ1n) is 43.3. The van der Waals surface area contributed by atoms with Gasteiger partial charge in [0.25, 0.3) is 0 Å². The highest BCUT2D eigenvalue weighted by atomic mass is 16.5. The van der Waals surface area contributed by atoms with Crippen LogP contribution in [0.2, 0.25) is 0 Å². The lowest BCUT2D eigenvalue weighted by molar-refractivity contribution is 0.276. The molecule has 0 fully saturated rings. The molecule has 0 aliphatic carbocycles. The van der Waals surface area contributed by atoms with Gasteiger partial charge in [-0.3, -0.25) is 0 Å². The molecule has 1 N–H and O–H groups in total. The minimum absolute atomic E-state index is 0.253. The van der Waals surface area contributed by atoms with Gasteiger partial charge < -0.3 is 62.2 Å². The Bertz CT molecular complexity index is 5100. The molecule has 0 spiro atoms. The van der Waals surface area contributed by atoms with E-state index in [1.54, 1.807) is 0 Å². The Kier molecular flexibility index (Phi) is 30.7. The number of ether oxygens (including phenoxy) is 12. The zero-order chi connectivity index (χ0) is 85.9. The van der Waals surface area contributed by atoms with E-state index in [-0.39, 0.29) is 26.4 Å². The fourth-order valence-corrected chi connectivity index (χ4v) is 14.6. The van der Waals surface area contributed by atoms with E-state index >= 15 is 0 Å². The van der Waals surface area contributed by atoms with E-state index in [9.17, 15) is 0 Å². The largest absolute Gasteiger partial charge is 0.489 e. The molecule has 16 aromatic rings. The van der Waals surface area contributed by atoms with E-state index in [1.165, 1.54) is 22.3 Å². The zero-order valence-electron chi connectivity index (χ0n) is 71.2. The third kappa shape index (κ3) is 28.0. The number of aryl methyl sites for hydroxylation is 4. The number of hydrogen-bond donors (Lipinski definition) is 1. The average molecular weight is 1680 g/mol. The van der Waals surface area contributed by atoms with Crippen molar-refractivity contribution in [2.45, 2.75) is 118 Å². The van der Waals surface area contributed by atoms with Crippen LogP contribution in [0.5, 0.6) is 69.0 Å². The highest BCUT2D eigenvalue weighted by Crippen LogP contribution is 2.35. The Labute approximate surface area is 745 Å². The SMILES string of the molecule is c1ccc(COc2cc(COc3cc(CCc4ccc(CNCc5ccc(CCc6cc(OCc7cc(OCc8ccccc8)cc(OCc8ccccc8)c7)cc(OCc7cc(OCc8ccccc8)cc(OCc8ccccc8)c7)c6)cc5)cc4)cc(OCc4cc(OCc5ccccc5)cc(OCc5ccccc5)c4)c3)cc(OCc3ccccc3)c2)cc1. The summed E-state index contributed by atoms with van der Waals surface area (Å²) in [5.41, 5.74) is 19.1. The van der Waals surface area contributed by atoms with Crippen LogP contribution < -0.4 is 62.2 Å². The molecule has 16 rings (SSSR count). The average Bonchev–Trinajstić information content (AvgIpc) is 0.863. The maximum absolute atomic E-state index is 6.76. The lowest BCUT2D eigenvalue weighted by Crippen LogP contribution is -2.12. The van der Waals surface area contributed by atoms with E-state index in [0.29, 0.717) is 135 Å². The van der Waals surface area contributed by atoms with E-state index < -0.39 is 0 Å². The molecule has 0 atom stereocenters. The highest BCUT2D eigenvalue weighted by Gasteiger charge is 2.16. The van der Waals surface area contributed by atoms with Crippen LogP contribution in [0, 0.1) is 0 Å². The first-order valence-corrected chi connectivity index (χ1v) is 43.3. The summed E-state index contributed by atoms with van der Waals surface area (Å²) in [4.78, 5) is 0. The molecule has 0 saturated heterocycles. The van der Waals surface area contributed by atoms with Crippen LogP contribution in [0.1, 0.15) is 100 Å². The standard InChI is InChI=1S/C114H103NO12/c1-9-25-89(26-10-1)73-116-107-57-99(58-108(67-107)117-74-90-27-11-2-12-28-90)81-124-103-53-97(54-104(65-103)125-82-100-59-109(118-75-91-29-13-3-14-30-91)68-110(60-100)119-76-92-31-15-4-16-32-92)51-45-85-41-47-87(48-42-85)71-115-72-88-49-43-86(44-50-88)46-52-98-55-105(126-83-101-61-111(120-77-93-33-17-5-18-34-93)69-112(62-101)121-78-94-35-19-6-20-36-94)66-106(56-98)127-84-102-63-113(122-79-95-37-21-7-22-38-95)70-114(64-102)123-80-96-39-23-8-24-40-96/h1-44,47-50,53-70,115H,45-46,51-52,71-84H2. The van der Waals surface area contributed by atoms with Gasteiger partial charge in [0.15, 0.2) is 0 Å². The molecule has 0 radical (unpaired) electrons. The van der Waals surface area contributed by atoms with E-state index in [0.717, 1.165) is 104 Å². The van der Waals surface area contributed by atoms with Gasteiger partial charge in [-0.05, 0) is 199 Å². The summed E-state index contributed by atoms with van der Waals surface area (Å²) in [6, 6.07) is 135. The van der Waals surface area contributed by atoms with Crippen molar-refractivity contribution < 1.29 is 56.8 Å². The number of nitrogens with one attached hydrogen (secondary N) is 1. The third-order valence-corrected chi connectivity index (χ3v) is 21.4. The monoisotopic (exact) mass is 1680 g/mol. The molecular weight excluding hydrogens is 1580 g/mol. The number of rotatable bonds is 46. The first kappa shape index (κ1) is 85.6. The van der Waals surface area contributed by atoms with Crippen molar-refractivity contribution >= 4 is 0 Å². The molecule has 0 saturated carbocycles. The van der Waals surface area contributed by atoms with E-state index in [2.05, 4.69) is 175 Å². The molecule has 636 valence electrons. The van der Waals surface area contributed by atoms with Gasteiger partial charge in [0, 0.05) is 49.5 Å². The second-order valence-electron chi connectivity index (χ2n) is 31.5. The summed E-state index contributed by atoms with van der Waals surface area (Å²) in [6.07, 6.45) is 3.07. The number of benzene rings is 16. The Morgan fingerprint density at radius 3 is 0.417 bits per heavy atom. The molecule has 16 aromatic carbocycles. The molecule has 13 heteroatoms. The van der Waals surface area contributed by atoms with E-state index in [1.807, 2.05) is 231 Å². The first-order chi connectivity index (χ1) is 62.7. The molecule has 0 heterocycles. The lowest BCUT2D eigenvalue weighted by Gasteiger charge is -2.16. The predicted octanol–water partition coefficient (Wildman–Crippen LogP) is 25.5. The van der Waals surface area contributed by atoms with Crippen molar-refractivity contribution in [3.8, 4) is 69.0 Å². The van der Waals surface area contributed by atoms with Gasteiger partial charge in [-0.1, -0.05) is 291 Å². The fraction of sp³-hybridized carbons (Fsp3) is 0.158. The van der Waals surface area contributed by atoms with Crippen molar-refractivity contribution in [3.05, 3.63) is 501 Å². The summed E-state index contributed by atoms with van der Waals surface area (Å²) in [5, 5.41) is 3.71. The molecule has 0 aliphatic rings. The summed E-state index contributed by atoms with van der Waals surface area (Å²) < 4.78 is 78.3. The van der Waals surface area contributed by atoms with Gasteiger partial charge in [0.05, 0.1) is 0 Å². The Morgan fingerprint density at radius 1 is 0.118 bits per heavy atom. The molecular formula is C114H103NO12. The van der Waals surface area contributed by atoms with Crippen LogP contribution in [0.25, 0.3) is 0 Å². The topological polar surface area (TPSA) is 123 Å². The second kappa shape index (κ2) is 45.5. The zero-order valence-corrected chi connectivity index (χ0v) is 71.2. The lowest BCUT2D eigenvalue weighted by atomic mass is 10.0. The maximum atomic E-state index is 6.76. The summed E-state index contributed by atoms with van der Waals surface area (Å²) >= 11 is 0. The number of hydrogen-bond acceptors (Lipinski definition) is 13. The van der Waals surface area contributed by atoms with Crippen molar-refractivity contribution in [2.24, 2.45) is 0 Å². The molecule has 0 unspecified atom stereocenters. The van der Waals surface area contributed by atoms with Crippen LogP contribution in [0.3, 0.4) is 0 Å². The van der Waals surface area contributed by atoms with Crippen molar-refractivity contribution in [1.29, 1.82) is 0 Å². The van der Waals surface area contributed by atoms with Gasteiger partial charge in [0.1, 0.15) is 148 Å². The van der Waals surface area contributed by atoms with Crippen LogP contribution >= 0.6 is 0 Å². The van der Waals surface area contributed by atoms with Crippen LogP contribution in [0.4, 0.5) is 0 Å². The predicted molar refractivity (Wildman–Crippen MR) is 500 cm³/mol. The summed E-state index contributed by atoms with van der Waals surface area (Å²) in [7, 11) is 0. The van der Waals surface area contributed by atoms with Gasteiger partial charge in [-0.2, -0.15) is 0 Å². The van der Waals surface area contributed by atoms with Gasteiger partial charge in [-0.25, -0.2) is 0 Å². The van der Waals surface area contributed by atoms with Crippen LogP contribution in [0.15, 0.2) is 400 Å². The normalized spacial score (nSPS) is 11.0. The quantitative estimate of drug-likeness (QED) is 0.0390. The molecule has 0 amide bonds. The molecule has 127 heavy (non-hydrogen) atoms. The summed E-state index contributed by atoms with van der Waals surface area (Å²) in [5.74, 6) is 8.18. The van der Waals surface area contributed by atoms with Gasteiger partial charge in [-0.15, -0.1) is 0 Å². The minimum Gasteiger partial charge on any atom is -0.489 e. The van der Waals surface area contributed by atoms with Crippen molar-refractivity contribution in [2.75, 3.05) is 0 Å². The van der Waals surface area contributed by atoms with E-state index in [4.69, 9.17) is 56.8 Å². The molecule has 0 aliphatic heterocycles. The third-order valence-electron chi connectivity index (χ3n) is 21.4. The van der Waals surface area contributed by atoms with Gasteiger partial charge >= 0.3 is 0 Å². The van der Waals surface area contributed by atoms with Gasteiger partial charge in [0.2, 0.25) is 0 Å². The van der Waals surface area contributed by atoms with Crippen LogP contribution in [-0.4, -0.2) is 0 Å². The summed E-state index contributed by atoms with van der Waals surface area (Å²) in [6.45, 7) is 5.70. The maximum Gasteiger partial charge on any atom is 0.123 e.